The lowest BCUT2D eigenvalue weighted by molar-refractivity contribution is 0.174. The van der Waals surface area contributed by atoms with Crippen molar-refractivity contribution in [2.45, 2.75) is 19.1 Å². The van der Waals surface area contributed by atoms with Gasteiger partial charge in [0.2, 0.25) is 5.95 Å². The monoisotopic (exact) mass is 222 g/mol. The summed E-state index contributed by atoms with van der Waals surface area (Å²) in [5.41, 5.74) is 1.01. The van der Waals surface area contributed by atoms with Gasteiger partial charge in [0, 0.05) is 39.9 Å². The third kappa shape index (κ3) is 2.68. The maximum absolute atomic E-state index is 9.44. The summed E-state index contributed by atoms with van der Waals surface area (Å²) in [5, 5.41) is 9.44. The number of hydrogen-bond acceptors (Lipinski definition) is 5. The van der Waals surface area contributed by atoms with Crippen LogP contribution in [0.2, 0.25) is 0 Å². The Balaban J connectivity index is 2.01. The van der Waals surface area contributed by atoms with Gasteiger partial charge < -0.3 is 10.0 Å². The van der Waals surface area contributed by atoms with Gasteiger partial charge in [-0.25, -0.2) is 9.97 Å². The van der Waals surface area contributed by atoms with E-state index < -0.39 is 0 Å². The second-order valence-electron chi connectivity index (χ2n) is 4.42. The van der Waals surface area contributed by atoms with Crippen molar-refractivity contribution in [3.63, 3.8) is 0 Å². The Morgan fingerprint density at radius 3 is 3.00 bits per heavy atom. The van der Waals surface area contributed by atoms with Gasteiger partial charge in [0.05, 0.1) is 11.8 Å². The van der Waals surface area contributed by atoms with E-state index in [0.717, 1.165) is 37.7 Å². The average Bonchev–Trinajstić information content (AvgIpc) is 2.64. The maximum atomic E-state index is 9.44. The molecule has 2 heterocycles. The SMILES string of the molecule is CN(C)c1nccc(CN2CC[C@@H](O)C2)n1. The Labute approximate surface area is 95.7 Å². The van der Waals surface area contributed by atoms with E-state index >= 15 is 0 Å². The topological polar surface area (TPSA) is 52.5 Å². The molecule has 0 amide bonds. The number of rotatable bonds is 3. The lowest BCUT2D eigenvalue weighted by Gasteiger charge is -2.15. The molecule has 0 spiro atoms. The Kier molecular flexibility index (Phi) is 3.36. The molecule has 0 aliphatic carbocycles. The predicted molar refractivity (Wildman–Crippen MR) is 62.3 cm³/mol. The molecule has 0 bridgehead atoms. The fourth-order valence-electron chi connectivity index (χ4n) is 1.87. The molecule has 0 saturated carbocycles. The summed E-state index contributed by atoms with van der Waals surface area (Å²) in [5.74, 6) is 0.734. The Morgan fingerprint density at radius 2 is 2.38 bits per heavy atom. The van der Waals surface area contributed by atoms with Crippen LogP contribution in [0.1, 0.15) is 12.1 Å². The van der Waals surface area contributed by atoms with E-state index in [1.807, 2.05) is 25.1 Å². The summed E-state index contributed by atoms with van der Waals surface area (Å²) in [6.07, 6.45) is 2.48. The summed E-state index contributed by atoms with van der Waals surface area (Å²) in [4.78, 5) is 12.7. The number of likely N-dealkylation sites (tertiary alicyclic amines) is 1. The van der Waals surface area contributed by atoms with E-state index in [0.29, 0.717) is 0 Å². The molecule has 1 N–H and O–H groups in total. The fraction of sp³-hybridized carbons (Fsp3) is 0.636. The summed E-state index contributed by atoms with van der Waals surface area (Å²) >= 11 is 0. The van der Waals surface area contributed by atoms with Crippen molar-refractivity contribution < 1.29 is 5.11 Å². The first-order valence-electron chi connectivity index (χ1n) is 5.55. The van der Waals surface area contributed by atoms with Crippen LogP contribution in [0.4, 0.5) is 5.95 Å². The largest absolute Gasteiger partial charge is 0.392 e. The highest BCUT2D eigenvalue weighted by atomic mass is 16.3. The molecule has 1 aliphatic rings. The van der Waals surface area contributed by atoms with Crippen molar-refractivity contribution in [2.24, 2.45) is 0 Å². The van der Waals surface area contributed by atoms with Crippen LogP contribution in [-0.2, 0) is 6.54 Å². The van der Waals surface area contributed by atoms with Crippen LogP contribution in [0.25, 0.3) is 0 Å². The number of anilines is 1. The molecule has 5 heteroatoms. The zero-order chi connectivity index (χ0) is 11.5. The van der Waals surface area contributed by atoms with E-state index in [2.05, 4.69) is 14.9 Å². The predicted octanol–water partition coefficient (Wildman–Crippen LogP) is 0.109. The number of hydrogen-bond donors (Lipinski definition) is 1. The van der Waals surface area contributed by atoms with Crippen LogP contribution in [0.5, 0.6) is 0 Å². The highest BCUT2D eigenvalue weighted by Crippen LogP contribution is 2.13. The zero-order valence-corrected chi connectivity index (χ0v) is 9.80. The third-order valence-electron chi connectivity index (χ3n) is 2.73. The number of aliphatic hydroxyl groups is 1. The van der Waals surface area contributed by atoms with Crippen molar-refractivity contribution in [1.29, 1.82) is 0 Å². The normalized spacial score (nSPS) is 21.3. The van der Waals surface area contributed by atoms with Crippen LogP contribution in [0.15, 0.2) is 12.3 Å². The molecule has 0 radical (unpaired) electrons. The summed E-state index contributed by atoms with van der Waals surface area (Å²) in [6.45, 7) is 2.49. The molecule has 16 heavy (non-hydrogen) atoms. The highest BCUT2D eigenvalue weighted by Gasteiger charge is 2.20. The fourth-order valence-corrected chi connectivity index (χ4v) is 1.87. The van der Waals surface area contributed by atoms with Gasteiger partial charge in [-0.15, -0.1) is 0 Å². The highest BCUT2D eigenvalue weighted by molar-refractivity contribution is 5.27. The zero-order valence-electron chi connectivity index (χ0n) is 9.80. The molecule has 0 unspecified atom stereocenters. The van der Waals surface area contributed by atoms with Crippen LogP contribution in [0.3, 0.4) is 0 Å². The Morgan fingerprint density at radius 1 is 1.56 bits per heavy atom. The van der Waals surface area contributed by atoms with Crippen molar-refractivity contribution in [2.75, 3.05) is 32.1 Å². The quantitative estimate of drug-likeness (QED) is 0.786. The van der Waals surface area contributed by atoms with E-state index in [1.54, 1.807) is 6.20 Å². The Bertz CT molecular complexity index is 356. The molecule has 2 rings (SSSR count). The number of β-amino-alcohol motifs (C(OH)–C–C–N with tert-alkyl or cyclic N) is 1. The maximum Gasteiger partial charge on any atom is 0.225 e. The van der Waals surface area contributed by atoms with Gasteiger partial charge in [-0.3, -0.25) is 4.90 Å². The van der Waals surface area contributed by atoms with Gasteiger partial charge in [0.15, 0.2) is 0 Å². The van der Waals surface area contributed by atoms with Crippen molar-refractivity contribution in [3.05, 3.63) is 18.0 Å². The molecule has 88 valence electrons. The van der Waals surface area contributed by atoms with E-state index in [4.69, 9.17) is 0 Å². The molecule has 1 aliphatic heterocycles. The van der Waals surface area contributed by atoms with Gasteiger partial charge in [-0.2, -0.15) is 0 Å². The third-order valence-corrected chi connectivity index (χ3v) is 2.73. The molecule has 1 atom stereocenters. The van der Waals surface area contributed by atoms with Crippen LogP contribution >= 0.6 is 0 Å². The first-order chi connectivity index (χ1) is 7.65. The van der Waals surface area contributed by atoms with E-state index in [9.17, 15) is 5.11 Å². The second-order valence-corrected chi connectivity index (χ2v) is 4.42. The van der Waals surface area contributed by atoms with Gasteiger partial charge in [-0.1, -0.05) is 0 Å². The van der Waals surface area contributed by atoms with E-state index in [-0.39, 0.29) is 6.10 Å². The minimum atomic E-state index is -0.171. The van der Waals surface area contributed by atoms with Gasteiger partial charge in [0.25, 0.3) is 0 Å². The van der Waals surface area contributed by atoms with Crippen LogP contribution in [0, 0.1) is 0 Å². The van der Waals surface area contributed by atoms with E-state index in [1.165, 1.54) is 0 Å². The molecular formula is C11H18N4O. The van der Waals surface area contributed by atoms with Crippen LogP contribution in [-0.4, -0.2) is 53.3 Å². The molecular weight excluding hydrogens is 204 g/mol. The molecule has 5 nitrogen and oxygen atoms in total. The smallest absolute Gasteiger partial charge is 0.225 e. The summed E-state index contributed by atoms with van der Waals surface area (Å²) in [6, 6.07) is 1.93. The van der Waals surface area contributed by atoms with Gasteiger partial charge in [-0.05, 0) is 12.5 Å². The van der Waals surface area contributed by atoms with Crippen molar-refractivity contribution >= 4 is 5.95 Å². The summed E-state index contributed by atoms with van der Waals surface area (Å²) < 4.78 is 0. The number of aromatic nitrogens is 2. The van der Waals surface area contributed by atoms with Crippen molar-refractivity contribution in [3.8, 4) is 0 Å². The molecule has 1 fully saturated rings. The lowest BCUT2D eigenvalue weighted by atomic mass is 10.3. The molecule has 1 saturated heterocycles. The second kappa shape index (κ2) is 4.76. The minimum Gasteiger partial charge on any atom is -0.392 e. The molecule has 1 aromatic rings. The standard InChI is InChI=1S/C11H18N4O/c1-14(2)11-12-5-3-9(13-11)7-15-6-4-10(16)8-15/h3,5,10,16H,4,6-8H2,1-2H3/t10-/m1/s1. The average molecular weight is 222 g/mol. The summed E-state index contributed by atoms with van der Waals surface area (Å²) in [7, 11) is 3.86. The molecule has 1 aromatic heterocycles. The number of nitrogens with zero attached hydrogens (tertiary/aromatic N) is 4. The van der Waals surface area contributed by atoms with Gasteiger partial charge >= 0.3 is 0 Å². The minimum absolute atomic E-state index is 0.171. The Hall–Kier alpha value is -1.20. The van der Waals surface area contributed by atoms with Crippen molar-refractivity contribution in [1.82, 2.24) is 14.9 Å². The van der Waals surface area contributed by atoms with Gasteiger partial charge in [0.1, 0.15) is 0 Å². The first-order valence-corrected chi connectivity index (χ1v) is 5.55. The first kappa shape index (κ1) is 11.3. The van der Waals surface area contributed by atoms with Crippen LogP contribution < -0.4 is 4.90 Å². The molecule has 0 aromatic carbocycles. The number of aliphatic hydroxyl groups excluding tert-OH is 1. The lowest BCUT2D eigenvalue weighted by Crippen LogP contribution is -2.23.